The van der Waals surface area contributed by atoms with E-state index < -0.39 is 5.97 Å². The number of rotatable bonds is 5. The van der Waals surface area contributed by atoms with Gasteiger partial charge in [0.15, 0.2) is 4.67 Å². The van der Waals surface area contributed by atoms with E-state index in [-0.39, 0.29) is 11.8 Å². The van der Waals surface area contributed by atoms with E-state index in [2.05, 4.69) is 21.2 Å². The number of carbonyl (C=O) groups is 1. The van der Waals surface area contributed by atoms with Gasteiger partial charge in [-0.1, -0.05) is 6.42 Å². The number of carboxylic acids is 1. The molecule has 2 rings (SSSR count). The van der Waals surface area contributed by atoms with E-state index in [0.717, 1.165) is 36.2 Å². The molecule has 0 radical (unpaired) electrons. The Labute approximate surface area is 109 Å². The summed E-state index contributed by atoms with van der Waals surface area (Å²) in [6.45, 7) is 1.39. The minimum Gasteiger partial charge on any atom is -0.481 e. The highest BCUT2D eigenvalue weighted by atomic mass is 79.9. The average molecular weight is 302 g/mol. The molecule has 1 aliphatic carbocycles. The summed E-state index contributed by atoms with van der Waals surface area (Å²) in [7, 11) is 0. The number of halogens is 1. The van der Waals surface area contributed by atoms with Gasteiger partial charge in [-0.3, -0.25) is 4.79 Å². The molecule has 17 heavy (non-hydrogen) atoms. The second-order valence-electron chi connectivity index (χ2n) is 4.47. The van der Waals surface area contributed by atoms with Gasteiger partial charge in [0.05, 0.1) is 12.5 Å². The Bertz CT molecular complexity index is 391. The Morgan fingerprint density at radius 3 is 3.00 bits per heavy atom. The van der Waals surface area contributed by atoms with E-state index in [0.29, 0.717) is 6.54 Å². The Hall–Kier alpha value is -0.810. The zero-order chi connectivity index (χ0) is 12.3. The lowest BCUT2D eigenvalue weighted by Gasteiger charge is -2.15. The molecule has 0 saturated heterocycles. The number of nitrogens with one attached hydrogen (secondary N) is 1. The first-order valence-corrected chi connectivity index (χ1v) is 6.64. The van der Waals surface area contributed by atoms with Gasteiger partial charge in [0.25, 0.3) is 0 Å². The van der Waals surface area contributed by atoms with E-state index in [1.807, 2.05) is 12.1 Å². The maximum absolute atomic E-state index is 11.0. The summed E-state index contributed by atoms with van der Waals surface area (Å²) in [6, 6.07) is 3.76. The third-order valence-corrected chi connectivity index (χ3v) is 3.74. The van der Waals surface area contributed by atoms with Crippen LogP contribution < -0.4 is 5.32 Å². The minimum atomic E-state index is -0.657. The van der Waals surface area contributed by atoms with Gasteiger partial charge in [-0.05, 0) is 53.4 Å². The smallest absolute Gasteiger partial charge is 0.306 e. The molecule has 4 nitrogen and oxygen atoms in total. The Kier molecular flexibility index (Phi) is 4.23. The predicted molar refractivity (Wildman–Crippen MR) is 66.6 cm³/mol. The van der Waals surface area contributed by atoms with Crippen molar-refractivity contribution in [2.24, 2.45) is 11.8 Å². The van der Waals surface area contributed by atoms with Crippen LogP contribution in [0.2, 0.25) is 0 Å². The molecule has 0 aromatic carbocycles. The molecule has 1 aromatic heterocycles. The minimum absolute atomic E-state index is 0.175. The van der Waals surface area contributed by atoms with Gasteiger partial charge in [-0.15, -0.1) is 0 Å². The fraction of sp³-hybridized carbons (Fsp3) is 0.583. The Balaban J connectivity index is 1.76. The van der Waals surface area contributed by atoms with Crippen LogP contribution in [0.3, 0.4) is 0 Å². The second-order valence-corrected chi connectivity index (χ2v) is 5.25. The molecule has 1 aliphatic rings. The van der Waals surface area contributed by atoms with Crippen molar-refractivity contribution in [3.63, 3.8) is 0 Å². The first-order chi connectivity index (χ1) is 8.16. The maximum atomic E-state index is 11.0. The molecule has 94 valence electrons. The van der Waals surface area contributed by atoms with Crippen LogP contribution in [0.25, 0.3) is 0 Å². The lowest BCUT2D eigenvalue weighted by Crippen LogP contribution is -2.28. The van der Waals surface area contributed by atoms with Crippen molar-refractivity contribution in [2.45, 2.75) is 25.8 Å². The molecule has 1 heterocycles. The van der Waals surface area contributed by atoms with Crippen LogP contribution in [0.15, 0.2) is 21.2 Å². The van der Waals surface area contributed by atoms with Gasteiger partial charge in [-0.25, -0.2) is 0 Å². The first kappa shape index (κ1) is 12.6. The fourth-order valence-corrected chi connectivity index (χ4v) is 2.77. The van der Waals surface area contributed by atoms with E-state index >= 15 is 0 Å². The number of hydrogen-bond donors (Lipinski definition) is 2. The molecule has 0 aliphatic heterocycles. The molecule has 1 fully saturated rings. The molecular weight excluding hydrogens is 286 g/mol. The van der Waals surface area contributed by atoms with E-state index in [9.17, 15) is 4.79 Å². The molecule has 1 aromatic rings. The SMILES string of the molecule is O=C(O)C1CCCC1CNCc1ccc(Br)o1. The predicted octanol–water partition coefficient (Wildman–Crippen LogP) is 2.63. The molecule has 2 unspecified atom stereocenters. The van der Waals surface area contributed by atoms with E-state index in [1.165, 1.54) is 0 Å². The van der Waals surface area contributed by atoms with Gasteiger partial charge < -0.3 is 14.8 Å². The summed E-state index contributed by atoms with van der Waals surface area (Å²) < 4.78 is 6.08. The van der Waals surface area contributed by atoms with Crippen molar-refractivity contribution in [1.29, 1.82) is 0 Å². The summed E-state index contributed by atoms with van der Waals surface area (Å²) >= 11 is 3.25. The lowest BCUT2D eigenvalue weighted by atomic mass is 9.96. The number of aliphatic carboxylic acids is 1. The quantitative estimate of drug-likeness (QED) is 0.877. The molecule has 2 N–H and O–H groups in total. The van der Waals surface area contributed by atoms with Gasteiger partial charge in [0.2, 0.25) is 0 Å². The van der Waals surface area contributed by atoms with Crippen LogP contribution in [0.5, 0.6) is 0 Å². The molecule has 0 amide bonds. The van der Waals surface area contributed by atoms with Crippen LogP contribution in [0.1, 0.15) is 25.0 Å². The summed E-state index contributed by atoms with van der Waals surface area (Å²) in [5.41, 5.74) is 0. The zero-order valence-corrected chi connectivity index (χ0v) is 11.1. The van der Waals surface area contributed by atoms with Crippen LogP contribution >= 0.6 is 15.9 Å². The Morgan fingerprint density at radius 1 is 1.53 bits per heavy atom. The standard InChI is InChI=1S/C12H16BrNO3/c13-11-5-4-9(17-11)7-14-6-8-2-1-3-10(8)12(15)16/h4-5,8,10,14H,1-3,6-7H2,(H,15,16). The summed E-state index contributed by atoms with van der Waals surface area (Å²) in [6.07, 6.45) is 2.84. The van der Waals surface area contributed by atoms with Crippen molar-refractivity contribution in [2.75, 3.05) is 6.54 Å². The van der Waals surface area contributed by atoms with Crippen molar-refractivity contribution in [3.05, 3.63) is 22.6 Å². The lowest BCUT2D eigenvalue weighted by molar-refractivity contribution is -0.142. The molecular formula is C12H16BrNO3. The number of hydrogen-bond acceptors (Lipinski definition) is 3. The number of furan rings is 1. The summed E-state index contributed by atoms with van der Waals surface area (Å²) in [5.74, 6) is 0.286. The molecule has 0 bridgehead atoms. The van der Waals surface area contributed by atoms with Gasteiger partial charge in [0, 0.05) is 0 Å². The zero-order valence-electron chi connectivity index (χ0n) is 9.49. The third-order valence-electron chi connectivity index (χ3n) is 3.31. The molecule has 2 atom stereocenters. The van der Waals surface area contributed by atoms with E-state index in [4.69, 9.17) is 9.52 Å². The average Bonchev–Trinajstić information content (AvgIpc) is 2.87. The Morgan fingerprint density at radius 2 is 2.35 bits per heavy atom. The van der Waals surface area contributed by atoms with Crippen LogP contribution in [0.4, 0.5) is 0 Å². The summed E-state index contributed by atoms with van der Waals surface area (Å²) in [5, 5.41) is 12.3. The van der Waals surface area contributed by atoms with Crippen molar-refractivity contribution in [3.8, 4) is 0 Å². The molecule has 1 saturated carbocycles. The van der Waals surface area contributed by atoms with Crippen molar-refractivity contribution >= 4 is 21.9 Å². The van der Waals surface area contributed by atoms with Gasteiger partial charge in [0.1, 0.15) is 5.76 Å². The van der Waals surface area contributed by atoms with Crippen LogP contribution in [-0.4, -0.2) is 17.6 Å². The highest BCUT2D eigenvalue weighted by Gasteiger charge is 2.32. The van der Waals surface area contributed by atoms with E-state index in [1.54, 1.807) is 0 Å². The summed E-state index contributed by atoms with van der Waals surface area (Å²) in [4.78, 5) is 11.0. The highest BCUT2D eigenvalue weighted by molar-refractivity contribution is 9.10. The third kappa shape index (κ3) is 3.33. The first-order valence-electron chi connectivity index (χ1n) is 5.84. The number of carboxylic acid groups (broad SMARTS) is 1. The topological polar surface area (TPSA) is 62.5 Å². The van der Waals surface area contributed by atoms with Crippen LogP contribution in [-0.2, 0) is 11.3 Å². The highest BCUT2D eigenvalue weighted by Crippen LogP contribution is 2.31. The molecule has 0 spiro atoms. The second kappa shape index (κ2) is 5.69. The normalized spacial score (nSPS) is 24.1. The fourth-order valence-electron chi connectivity index (χ4n) is 2.43. The van der Waals surface area contributed by atoms with Gasteiger partial charge in [-0.2, -0.15) is 0 Å². The maximum Gasteiger partial charge on any atom is 0.306 e. The largest absolute Gasteiger partial charge is 0.481 e. The monoisotopic (exact) mass is 301 g/mol. The molecule has 5 heteroatoms. The van der Waals surface area contributed by atoms with Crippen molar-refractivity contribution in [1.82, 2.24) is 5.32 Å². The van der Waals surface area contributed by atoms with Gasteiger partial charge >= 0.3 is 5.97 Å². The van der Waals surface area contributed by atoms with Crippen LogP contribution in [0, 0.1) is 11.8 Å². The van der Waals surface area contributed by atoms with Crippen molar-refractivity contribution < 1.29 is 14.3 Å².